The van der Waals surface area contributed by atoms with Crippen LogP contribution in [0, 0.1) is 0 Å². The molecule has 7 heteroatoms. The van der Waals surface area contributed by atoms with Gasteiger partial charge in [0.1, 0.15) is 5.75 Å². The minimum atomic E-state index is 0.171. The number of piperazine rings is 1. The van der Waals surface area contributed by atoms with Crippen molar-refractivity contribution >= 4 is 11.6 Å². The highest BCUT2D eigenvalue weighted by molar-refractivity contribution is 5.79. The lowest BCUT2D eigenvalue weighted by atomic mass is 9.85. The minimum absolute atomic E-state index is 0.171. The smallest absolute Gasteiger partial charge is 0.230 e. The Morgan fingerprint density at radius 2 is 1.75 bits per heavy atom. The number of ether oxygens (including phenoxy) is 1. The molecule has 1 amide bonds. The quantitative estimate of drug-likeness (QED) is 0.588. The molecule has 0 bridgehead atoms. The summed E-state index contributed by atoms with van der Waals surface area (Å²) in [5.41, 5.74) is 3.13. The third-order valence-electron chi connectivity index (χ3n) is 6.53. The summed E-state index contributed by atoms with van der Waals surface area (Å²) in [6.45, 7) is 3.10. The molecule has 2 heterocycles. The van der Waals surface area contributed by atoms with Crippen molar-refractivity contribution in [2.24, 2.45) is 0 Å². The number of carbonyl (C=O) groups is 1. The van der Waals surface area contributed by atoms with Gasteiger partial charge in [-0.15, -0.1) is 0 Å². The molecule has 0 atom stereocenters. The molecule has 1 aliphatic carbocycles. The molecule has 0 radical (unpaired) electrons. The van der Waals surface area contributed by atoms with Gasteiger partial charge in [0.2, 0.25) is 17.6 Å². The van der Waals surface area contributed by atoms with Crippen LogP contribution < -0.4 is 9.64 Å². The van der Waals surface area contributed by atoms with Crippen molar-refractivity contribution in [2.45, 2.75) is 31.6 Å². The zero-order valence-electron chi connectivity index (χ0n) is 18.4. The molecular weight excluding hydrogens is 404 g/mol. The molecule has 2 aromatic carbocycles. The van der Waals surface area contributed by atoms with E-state index in [4.69, 9.17) is 9.26 Å². The van der Waals surface area contributed by atoms with Crippen LogP contribution in [0.15, 0.2) is 53.1 Å². The average molecular weight is 433 g/mol. The molecule has 1 aromatic heterocycles. The van der Waals surface area contributed by atoms with E-state index < -0.39 is 0 Å². The highest BCUT2D eigenvalue weighted by atomic mass is 16.5. The molecule has 0 N–H and O–H groups in total. The lowest BCUT2D eigenvalue weighted by Crippen LogP contribution is -2.49. The topological polar surface area (TPSA) is 71.7 Å². The van der Waals surface area contributed by atoms with Crippen LogP contribution in [0.4, 0.5) is 5.69 Å². The predicted octanol–water partition coefficient (Wildman–Crippen LogP) is 3.90. The van der Waals surface area contributed by atoms with Crippen molar-refractivity contribution in [3.05, 3.63) is 60.0 Å². The van der Waals surface area contributed by atoms with Crippen LogP contribution in [0.25, 0.3) is 11.4 Å². The number of carbonyl (C=O) groups excluding carboxylic acids is 1. The van der Waals surface area contributed by atoms with Gasteiger partial charge in [0.05, 0.1) is 13.5 Å². The SMILES string of the molecule is COc1ccc(CC(=O)N2CCN(c3ccc(-c4noc(C5CCC5)n4)cc3)CC2)cc1. The second-order valence-electron chi connectivity index (χ2n) is 8.52. The summed E-state index contributed by atoms with van der Waals surface area (Å²) >= 11 is 0. The van der Waals surface area contributed by atoms with Crippen molar-refractivity contribution < 1.29 is 14.1 Å². The molecule has 2 fully saturated rings. The van der Waals surface area contributed by atoms with Crippen LogP contribution in [0.2, 0.25) is 0 Å². The Labute approximate surface area is 188 Å². The van der Waals surface area contributed by atoms with Crippen LogP contribution in [0.3, 0.4) is 0 Å². The van der Waals surface area contributed by atoms with Crippen molar-refractivity contribution in [3.8, 4) is 17.1 Å². The first-order chi connectivity index (χ1) is 15.7. The van der Waals surface area contributed by atoms with E-state index in [1.54, 1.807) is 7.11 Å². The number of amides is 1. The summed E-state index contributed by atoms with van der Waals surface area (Å²) in [6, 6.07) is 16.0. The van der Waals surface area contributed by atoms with E-state index in [1.165, 1.54) is 6.42 Å². The van der Waals surface area contributed by atoms with E-state index in [1.807, 2.05) is 41.3 Å². The zero-order chi connectivity index (χ0) is 21.9. The van der Waals surface area contributed by atoms with Gasteiger partial charge >= 0.3 is 0 Å². The molecule has 0 spiro atoms. The average Bonchev–Trinajstić information content (AvgIpc) is 3.28. The van der Waals surface area contributed by atoms with Crippen molar-refractivity contribution in [3.63, 3.8) is 0 Å². The number of aromatic nitrogens is 2. The molecule has 5 rings (SSSR count). The van der Waals surface area contributed by atoms with Gasteiger partial charge in [0, 0.05) is 43.3 Å². The largest absolute Gasteiger partial charge is 0.497 e. The van der Waals surface area contributed by atoms with E-state index >= 15 is 0 Å². The zero-order valence-corrected chi connectivity index (χ0v) is 18.4. The number of methoxy groups -OCH3 is 1. The standard InChI is InChI=1S/C25H28N4O3/c1-31-22-11-5-18(6-12-22)17-23(30)29-15-13-28(14-16-29)21-9-7-19(8-10-21)24-26-25(32-27-24)20-3-2-4-20/h5-12,20H,2-4,13-17H2,1H3. The van der Waals surface area contributed by atoms with Gasteiger partial charge in [-0.3, -0.25) is 4.79 Å². The summed E-state index contributed by atoms with van der Waals surface area (Å²) in [6.07, 6.45) is 3.97. The lowest BCUT2D eigenvalue weighted by Gasteiger charge is -2.36. The summed E-state index contributed by atoms with van der Waals surface area (Å²) < 4.78 is 10.6. The molecule has 1 aliphatic heterocycles. The Bertz CT molecular complexity index is 1050. The molecule has 0 unspecified atom stereocenters. The van der Waals surface area contributed by atoms with E-state index in [9.17, 15) is 4.79 Å². The summed E-state index contributed by atoms with van der Waals surface area (Å²) in [5, 5.41) is 4.15. The lowest BCUT2D eigenvalue weighted by molar-refractivity contribution is -0.130. The minimum Gasteiger partial charge on any atom is -0.497 e. The summed E-state index contributed by atoms with van der Waals surface area (Å²) in [5.74, 6) is 2.85. The van der Waals surface area contributed by atoms with Crippen LogP contribution in [-0.2, 0) is 11.2 Å². The monoisotopic (exact) mass is 432 g/mol. The van der Waals surface area contributed by atoms with Crippen molar-refractivity contribution in [1.29, 1.82) is 0 Å². The van der Waals surface area contributed by atoms with Crippen LogP contribution >= 0.6 is 0 Å². The Morgan fingerprint density at radius 3 is 2.38 bits per heavy atom. The van der Waals surface area contributed by atoms with Gasteiger partial charge in [0.15, 0.2) is 0 Å². The first-order valence-electron chi connectivity index (χ1n) is 11.3. The van der Waals surface area contributed by atoms with Crippen molar-refractivity contribution in [2.75, 3.05) is 38.2 Å². The van der Waals surface area contributed by atoms with E-state index in [2.05, 4.69) is 27.2 Å². The Kier molecular flexibility index (Phi) is 5.79. The van der Waals surface area contributed by atoms with Crippen LogP contribution in [0.5, 0.6) is 5.75 Å². The fourth-order valence-corrected chi connectivity index (χ4v) is 4.24. The highest BCUT2D eigenvalue weighted by Gasteiger charge is 2.26. The van der Waals surface area contributed by atoms with Crippen LogP contribution in [-0.4, -0.2) is 54.2 Å². The maximum Gasteiger partial charge on any atom is 0.230 e. The van der Waals surface area contributed by atoms with Gasteiger partial charge in [-0.25, -0.2) is 0 Å². The Morgan fingerprint density at radius 1 is 1.03 bits per heavy atom. The van der Waals surface area contributed by atoms with Gasteiger partial charge in [0.25, 0.3) is 0 Å². The normalized spacial score (nSPS) is 16.7. The molecular formula is C25H28N4O3. The molecule has 7 nitrogen and oxygen atoms in total. The fraction of sp³-hybridized carbons (Fsp3) is 0.400. The molecule has 3 aromatic rings. The number of benzene rings is 2. The highest BCUT2D eigenvalue weighted by Crippen LogP contribution is 2.36. The van der Waals surface area contributed by atoms with Gasteiger partial charge in [-0.05, 0) is 54.8 Å². The Hall–Kier alpha value is -3.35. The first-order valence-corrected chi connectivity index (χ1v) is 11.3. The first kappa shape index (κ1) is 20.5. The maximum atomic E-state index is 12.7. The number of anilines is 1. The van der Waals surface area contributed by atoms with Crippen molar-refractivity contribution in [1.82, 2.24) is 15.0 Å². The molecule has 166 valence electrons. The van der Waals surface area contributed by atoms with Crippen LogP contribution in [0.1, 0.15) is 36.6 Å². The second kappa shape index (κ2) is 9.02. The molecule has 1 saturated heterocycles. The third-order valence-corrected chi connectivity index (χ3v) is 6.53. The number of hydrogen-bond acceptors (Lipinski definition) is 6. The van der Waals surface area contributed by atoms with E-state index in [-0.39, 0.29) is 5.91 Å². The third kappa shape index (κ3) is 4.33. The summed E-state index contributed by atoms with van der Waals surface area (Å²) in [4.78, 5) is 21.5. The molecule has 2 aliphatic rings. The van der Waals surface area contributed by atoms with Gasteiger partial charge in [-0.1, -0.05) is 23.7 Å². The second-order valence-corrected chi connectivity index (χ2v) is 8.52. The fourth-order valence-electron chi connectivity index (χ4n) is 4.24. The number of nitrogens with zero attached hydrogens (tertiary/aromatic N) is 4. The van der Waals surface area contributed by atoms with Gasteiger partial charge in [-0.2, -0.15) is 4.98 Å². The summed E-state index contributed by atoms with van der Waals surface area (Å²) in [7, 11) is 1.64. The number of rotatable bonds is 6. The predicted molar refractivity (Wildman–Crippen MR) is 122 cm³/mol. The number of hydrogen-bond donors (Lipinski definition) is 0. The Balaban J connectivity index is 1.15. The maximum absolute atomic E-state index is 12.7. The molecule has 1 saturated carbocycles. The van der Waals surface area contributed by atoms with Gasteiger partial charge < -0.3 is 19.1 Å². The van der Waals surface area contributed by atoms with E-state index in [0.717, 1.165) is 67.5 Å². The molecule has 32 heavy (non-hydrogen) atoms. The van der Waals surface area contributed by atoms with E-state index in [0.29, 0.717) is 18.2 Å².